The normalized spacial score (nSPS) is 11.9. The number of aromatic nitrogens is 2. The smallest absolute Gasteiger partial charge is 0.343 e. The third-order valence-electron chi connectivity index (χ3n) is 4.90. The number of benzene rings is 3. The van der Waals surface area contributed by atoms with Crippen LogP contribution in [-0.2, 0) is 0 Å². The Morgan fingerprint density at radius 3 is 2.62 bits per heavy atom. The van der Waals surface area contributed by atoms with E-state index in [0.29, 0.717) is 30.1 Å². The van der Waals surface area contributed by atoms with Gasteiger partial charge in [0.05, 0.1) is 31.8 Å². The van der Waals surface area contributed by atoms with E-state index in [4.69, 9.17) is 9.47 Å². The fourth-order valence-corrected chi connectivity index (χ4v) is 5.13. The summed E-state index contributed by atoms with van der Waals surface area (Å²) in [5.74, 6) is 0.284. The summed E-state index contributed by atoms with van der Waals surface area (Å²) in [5, 5.41) is 0. The maximum atomic E-state index is 13.0. The molecule has 0 saturated carbocycles. The number of carbonyl (C=O) groups excluding carboxylic acids is 1. The molecule has 0 radical (unpaired) electrons. The fourth-order valence-electron chi connectivity index (χ4n) is 3.41. The average Bonchev–Trinajstić information content (AvgIpc) is 3.32. The summed E-state index contributed by atoms with van der Waals surface area (Å²) in [5.41, 5.74) is 2.68. The van der Waals surface area contributed by atoms with E-state index < -0.39 is 5.97 Å². The molecule has 32 heavy (non-hydrogen) atoms. The summed E-state index contributed by atoms with van der Waals surface area (Å²) in [6.45, 7) is 0. The topological polar surface area (TPSA) is 69.9 Å². The lowest BCUT2D eigenvalue weighted by atomic mass is 10.2. The average molecular weight is 554 g/mol. The molecule has 0 fully saturated rings. The van der Waals surface area contributed by atoms with Crippen LogP contribution in [0.15, 0.2) is 71.5 Å². The van der Waals surface area contributed by atoms with Gasteiger partial charge in [-0.25, -0.2) is 14.2 Å². The number of ether oxygens (including phenoxy) is 2. The molecule has 6 nitrogen and oxygen atoms in total. The van der Waals surface area contributed by atoms with Crippen molar-refractivity contribution in [3.8, 4) is 11.5 Å². The number of halogens is 1. The highest BCUT2D eigenvalue weighted by Crippen LogP contribution is 2.34. The molecule has 0 aliphatic rings. The first-order valence-corrected chi connectivity index (χ1v) is 11.5. The van der Waals surface area contributed by atoms with E-state index in [1.54, 1.807) is 40.8 Å². The number of fused-ring (bicyclic) bond motifs is 3. The second kappa shape index (κ2) is 8.36. The van der Waals surface area contributed by atoms with Crippen LogP contribution in [0.3, 0.4) is 0 Å². The molecule has 8 heteroatoms. The van der Waals surface area contributed by atoms with Crippen LogP contribution < -0.4 is 19.6 Å². The molecule has 0 N–H and O–H groups in total. The molecule has 0 bridgehead atoms. The highest BCUT2D eigenvalue weighted by atomic mass is 127. The molecule has 158 valence electrons. The number of esters is 1. The Labute approximate surface area is 199 Å². The monoisotopic (exact) mass is 554 g/mol. The molecule has 0 aliphatic carbocycles. The van der Waals surface area contributed by atoms with Crippen LogP contribution >= 0.6 is 33.9 Å². The van der Waals surface area contributed by atoms with E-state index in [2.05, 4.69) is 27.6 Å². The molecule has 5 aromatic rings. The maximum absolute atomic E-state index is 13.0. The second-order valence-electron chi connectivity index (χ2n) is 6.92. The van der Waals surface area contributed by atoms with Gasteiger partial charge in [0.2, 0.25) is 0 Å². The minimum atomic E-state index is -0.466. The third kappa shape index (κ3) is 3.65. The molecular formula is C24H15IN2O4S. The van der Waals surface area contributed by atoms with Crippen LogP contribution in [0, 0.1) is 3.57 Å². The number of para-hydroxylation sites is 2. The van der Waals surface area contributed by atoms with Crippen LogP contribution in [-0.4, -0.2) is 22.5 Å². The predicted molar refractivity (Wildman–Crippen MR) is 133 cm³/mol. The summed E-state index contributed by atoms with van der Waals surface area (Å²) >= 11 is 3.43. The molecule has 2 heterocycles. The van der Waals surface area contributed by atoms with Gasteiger partial charge in [-0.05, 0) is 70.6 Å². The van der Waals surface area contributed by atoms with Gasteiger partial charge in [0.15, 0.2) is 16.5 Å². The Hall–Kier alpha value is -3.24. The van der Waals surface area contributed by atoms with Gasteiger partial charge in [0.25, 0.3) is 5.56 Å². The standard InChI is InChI=1S/C24H15IN2O4S/c1-30-19-12-14(11-16(25)21(19)31-23(29)15-7-3-2-4-8-15)13-20-22(28)27-18-10-6-5-9-17(18)26-24(27)32-20/h2-13H,1H3/b20-13-. The Morgan fingerprint density at radius 1 is 1.09 bits per heavy atom. The lowest BCUT2D eigenvalue weighted by Gasteiger charge is -2.12. The number of nitrogens with zero attached hydrogens (tertiary/aromatic N) is 2. The van der Waals surface area contributed by atoms with Crippen LogP contribution in [0.1, 0.15) is 15.9 Å². The number of hydrogen-bond donors (Lipinski definition) is 0. The molecular weight excluding hydrogens is 539 g/mol. The lowest BCUT2D eigenvalue weighted by Crippen LogP contribution is -2.22. The second-order valence-corrected chi connectivity index (χ2v) is 9.10. The van der Waals surface area contributed by atoms with Gasteiger partial charge in [0, 0.05) is 0 Å². The van der Waals surface area contributed by atoms with E-state index in [-0.39, 0.29) is 5.56 Å². The number of imidazole rings is 1. The number of rotatable bonds is 4. The zero-order valence-corrected chi connectivity index (χ0v) is 19.7. The van der Waals surface area contributed by atoms with Crippen LogP contribution in [0.25, 0.3) is 22.1 Å². The largest absolute Gasteiger partial charge is 0.493 e. The Morgan fingerprint density at radius 2 is 1.84 bits per heavy atom. The highest BCUT2D eigenvalue weighted by molar-refractivity contribution is 14.1. The predicted octanol–water partition coefficient (Wildman–Crippen LogP) is 4.29. The van der Waals surface area contributed by atoms with Gasteiger partial charge in [-0.2, -0.15) is 0 Å². The highest BCUT2D eigenvalue weighted by Gasteiger charge is 2.17. The van der Waals surface area contributed by atoms with Gasteiger partial charge < -0.3 is 9.47 Å². The summed E-state index contributed by atoms with van der Waals surface area (Å²) < 4.78 is 14.0. The Balaban J connectivity index is 1.56. The first-order valence-electron chi connectivity index (χ1n) is 9.61. The Kier molecular flexibility index (Phi) is 5.40. The molecule has 0 amide bonds. The van der Waals surface area contributed by atoms with Gasteiger partial charge in [0.1, 0.15) is 0 Å². The maximum Gasteiger partial charge on any atom is 0.343 e. The quantitative estimate of drug-likeness (QED) is 0.189. The molecule has 0 saturated heterocycles. The Bertz CT molecular complexity index is 1590. The molecule has 0 spiro atoms. The molecule has 0 aliphatic heterocycles. The first-order chi connectivity index (χ1) is 15.5. The third-order valence-corrected chi connectivity index (χ3v) is 6.67. The summed E-state index contributed by atoms with van der Waals surface area (Å²) in [7, 11) is 1.51. The minimum Gasteiger partial charge on any atom is -0.493 e. The van der Waals surface area contributed by atoms with Crippen molar-refractivity contribution in [3.05, 3.63) is 96.3 Å². The number of hydrogen-bond acceptors (Lipinski definition) is 6. The summed E-state index contributed by atoms with van der Waals surface area (Å²) in [6.07, 6.45) is 1.80. The molecule has 0 unspecified atom stereocenters. The first kappa shape index (κ1) is 20.7. The van der Waals surface area contributed by atoms with Crippen molar-refractivity contribution < 1.29 is 14.3 Å². The molecule has 5 rings (SSSR count). The zero-order chi connectivity index (χ0) is 22.2. The van der Waals surface area contributed by atoms with Crippen molar-refractivity contribution in [1.29, 1.82) is 0 Å². The van der Waals surface area contributed by atoms with Crippen LogP contribution in [0.2, 0.25) is 0 Å². The van der Waals surface area contributed by atoms with E-state index in [0.717, 1.165) is 16.6 Å². The number of thiazole rings is 1. The van der Waals surface area contributed by atoms with Gasteiger partial charge in [-0.15, -0.1) is 0 Å². The van der Waals surface area contributed by atoms with Crippen LogP contribution in [0.4, 0.5) is 0 Å². The van der Waals surface area contributed by atoms with Crippen molar-refractivity contribution in [2.24, 2.45) is 0 Å². The van der Waals surface area contributed by atoms with Gasteiger partial charge >= 0.3 is 5.97 Å². The molecule has 2 aromatic heterocycles. The van der Waals surface area contributed by atoms with Crippen molar-refractivity contribution in [2.45, 2.75) is 0 Å². The summed E-state index contributed by atoms with van der Waals surface area (Å²) in [4.78, 5) is 30.7. The van der Waals surface area contributed by atoms with Crippen LogP contribution in [0.5, 0.6) is 11.5 Å². The van der Waals surface area contributed by atoms with Crippen molar-refractivity contribution >= 4 is 62.0 Å². The molecule has 3 aromatic carbocycles. The van der Waals surface area contributed by atoms with Crippen molar-refractivity contribution in [1.82, 2.24) is 9.38 Å². The van der Waals surface area contributed by atoms with E-state index in [9.17, 15) is 9.59 Å². The fraction of sp³-hybridized carbons (Fsp3) is 0.0417. The van der Waals surface area contributed by atoms with Gasteiger partial charge in [-0.1, -0.05) is 41.7 Å². The van der Waals surface area contributed by atoms with E-state index in [1.165, 1.54) is 18.4 Å². The van der Waals surface area contributed by atoms with Crippen molar-refractivity contribution in [3.63, 3.8) is 0 Å². The summed E-state index contributed by atoms with van der Waals surface area (Å²) in [6, 6.07) is 19.9. The zero-order valence-electron chi connectivity index (χ0n) is 16.7. The SMILES string of the molecule is COc1cc(/C=c2\sc3nc4ccccc4n3c2=O)cc(I)c1OC(=O)c1ccccc1. The van der Waals surface area contributed by atoms with E-state index >= 15 is 0 Å². The number of carbonyl (C=O) groups is 1. The minimum absolute atomic E-state index is 0.118. The lowest BCUT2D eigenvalue weighted by molar-refractivity contribution is 0.0728. The van der Waals surface area contributed by atoms with Crippen molar-refractivity contribution in [2.75, 3.05) is 7.11 Å². The van der Waals surface area contributed by atoms with E-state index in [1.807, 2.05) is 36.4 Å². The molecule has 0 atom stereocenters. The number of methoxy groups -OCH3 is 1. The van der Waals surface area contributed by atoms with Gasteiger partial charge in [-0.3, -0.25) is 4.79 Å².